The average molecular weight is 545 g/mol. The molecule has 2 unspecified atom stereocenters. The number of likely N-dealkylation sites (tertiary alicyclic amines) is 2. The number of likely N-dealkylation sites (N-methyl/N-ethyl adjacent to an activating group) is 1. The molecule has 0 bridgehead atoms. The van der Waals surface area contributed by atoms with Gasteiger partial charge in [-0.2, -0.15) is 0 Å². The molecule has 222 valence electrons. The fourth-order valence-corrected chi connectivity index (χ4v) is 7.17. The van der Waals surface area contributed by atoms with Gasteiger partial charge in [-0.15, -0.1) is 0 Å². The van der Waals surface area contributed by atoms with Crippen molar-refractivity contribution in [2.24, 2.45) is 17.8 Å². The Morgan fingerprint density at radius 1 is 0.846 bits per heavy atom. The number of rotatable bonds is 9. The number of carbonyl (C=O) groups is 3. The van der Waals surface area contributed by atoms with Crippen LogP contribution in [0.3, 0.4) is 0 Å². The first-order chi connectivity index (χ1) is 18.4. The molecule has 3 rings (SSSR count). The lowest BCUT2D eigenvalue weighted by molar-refractivity contribution is -0.140. The maximum Gasteiger partial charge on any atom is 0.249 e. The fraction of sp³-hybridized carbons (Fsp3) is 0.844. The third kappa shape index (κ3) is 7.65. The summed E-state index contributed by atoms with van der Waals surface area (Å²) in [5.41, 5.74) is 0.722. The van der Waals surface area contributed by atoms with Crippen molar-refractivity contribution >= 4 is 17.7 Å². The lowest BCUT2D eigenvalue weighted by atomic mass is 9.78. The highest BCUT2D eigenvalue weighted by Gasteiger charge is 2.38. The van der Waals surface area contributed by atoms with E-state index in [0.29, 0.717) is 12.0 Å². The summed E-state index contributed by atoms with van der Waals surface area (Å²) in [6.07, 6.45) is 12.1. The number of piperidine rings is 2. The van der Waals surface area contributed by atoms with E-state index >= 15 is 0 Å². The van der Waals surface area contributed by atoms with E-state index in [1.807, 2.05) is 33.9 Å². The van der Waals surface area contributed by atoms with Crippen LogP contribution in [-0.2, 0) is 14.4 Å². The second kappa shape index (κ2) is 14.1. The summed E-state index contributed by atoms with van der Waals surface area (Å²) in [6.45, 7) is 16.1. The van der Waals surface area contributed by atoms with Gasteiger partial charge in [0.15, 0.2) is 0 Å². The zero-order chi connectivity index (χ0) is 28.9. The van der Waals surface area contributed by atoms with Gasteiger partial charge in [-0.05, 0) is 83.6 Å². The van der Waals surface area contributed by atoms with Gasteiger partial charge < -0.3 is 15.1 Å². The minimum absolute atomic E-state index is 0.0426. The number of fused-ring (bicyclic) bond motifs is 1. The molecule has 7 nitrogen and oxygen atoms in total. The fourth-order valence-electron chi connectivity index (χ4n) is 7.17. The van der Waals surface area contributed by atoms with Crippen molar-refractivity contribution in [3.05, 3.63) is 11.6 Å². The Hall–Kier alpha value is -1.89. The van der Waals surface area contributed by atoms with Crippen LogP contribution in [0, 0.1) is 17.8 Å². The van der Waals surface area contributed by atoms with Crippen molar-refractivity contribution in [3.8, 4) is 0 Å². The normalized spacial score (nSPS) is 26.4. The van der Waals surface area contributed by atoms with Gasteiger partial charge in [0.1, 0.15) is 6.04 Å². The minimum Gasteiger partial charge on any atom is -0.343 e. The van der Waals surface area contributed by atoms with Crippen molar-refractivity contribution in [2.75, 3.05) is 20.1 Å². The van der Waals surface area contributed by atoms with Gasteiger partial charge in [0.25, 0.3) is 0 Å². The molecule has 0 radical (unpaired) electrons. The first kappa shape index (κ1) is 31.6. The highest BCUT2D eigenvalue weighted by molar-refractivity contribution is 5.94. The standard InChI is InChI=1S/C32H56N4O3/c1-21(2)28(20-24(7)31(38)36-19-13-15-25-14-9-10-16-26(25)36)34(8)32(39)29(22(3)4)33-30(37)27-17-11-12-18-35(27)23(5)6/h20-23,25-29H,9-19H2,1-8H3,(H,33,37)/t25?,26?,27-,28-,29+/m1/s1. The summed E-state index contributed by atoms with van der Waals surface area (Å²) in [5.74, 6) is 0.711. The molecule has 3 fully saturated rings. The summed E-state index contributed by atoms with van der Waals surface area (Å²) in [6, 6.07) is -0.364. The maximum absolute atomic E-state index is 13.9. The Balaban J connectivity index is 1.74. The van der Waals surface area contributed by atoms with Crippen LogP contribution in [0.15, 0.2) is 11.6 Å². The summed E-state index contributed by atoms with van der Waals surface area (Å²) < 4.78 is 0. The lowest BCUT2D eigenvalue weighted by Crippen LogP contribution is -2.58. The number of nitrogens with zero attached hydrogens (tertiary/aromatic N) is 3. The molecule has 7 heteroatoms. The van der Waals surface area contributed by atoms with Gasteiger partial charge in [-0.25, -0.2) is 0 Å². The van der Waals surface area contributed by atoms with E-state index in [0.717, 1.165) is 50.8 Å². The molecular formula is C32H56N4O3. The SMILES string of the molecule is CC(=C[C@H](C(C)C)N(C)C(=O)[C@@H](NC(=O)[C@H]1CCCCN1C(C)C)C(C)C)C(=O)N1CCCC2CCCCC21. The molecule has 1 N–H and O–H groups in total. The van der Waals surface area contributed by atoms with Crippen molar-refractivity contribution in [2.45, 2.75) is 136 Å². The van der Waals surface area contributed by atoms with Crippen molar-refractivity contribution in [1.82, 2.24) is 20.0 Å². The van der Waals surface area contributed by atoms with Gasteiger partial charge in [-0.3, -0.25) is 19.3 Å². The lowest BCUT2D eigenvalue weighted by Gasteiger charge is -2.44. The van der Waals surface area contributed by atoms with E-state index in [1.54, 1.807) is 4.90 Å². The molecule has 2 aliphatic heterocycles. The van der Waals surface area contributed by atoms with Crippen LogP contribution in [0.1, 0.15) is 106 Å². The van der Waals surface area contributed by atoms with Crippen LogP contribution in [0.25, 0.3) is 0 Å². The van der Waals surface area contributed by atoms with E-state index in [2.05, 4.69) is 42.8 Å². The summed E-state index contributed by atoms with van der Waals surface area (Å²) in [5, 5.41) is 3.14. The Kier molecular flexibility index (Phi) is 11.5. The highest BCUT2D eigenvalue weighted by Crippen LogP contribution is 2.36. The summed E-state index contributed by atoms with van der Waals surface area (Å²) >= 11 is 0. The Morgan fingerprint density at radius 3 is 2.13 bits per heavy atom. The molecule has 3 aliphatic rings. The average Bonchev–Trinajstić information content (AvgIpc) is 2.92. The van der Waals surface area contributed by atoms with E-state index in [-0.39, 0.29) is 47.7 Å². The number of hydrogen-bond donors (Lipinski definition) is 1. The highest BCUT2D eigenvalue weighted by atomic mass is 16.2. The molecule has 0 aromatic rings. The molecule has 5 atom stereocenters. The Morgan fingerprint density at radius 2 is 1.49 bits per heavy atom. The monoisotopic (exact) mass is 544 g/mol. The molecule has 0 aromatic carbocycles. The molecule has 0 spiro atoms. The molecule has 2 heterocycles. The number of nitrogens with one attached hydrogen (secondary N) is 1. The smallest absolute Gasteiger partial charge is 0.249 e. The van der Waals surface area contributed by atoms with Crippen molar-refractivity contribution in [3.63, 3.8) is 0 Å². The molecule has 39 heavy (non-hydrogen) atoms. The summed E-state index contributed by atoms with van der Waals surface area (Å²) in [4.78, 5) is 47.1. The molecule has 1 aliphatic carbocycles. The zero-order valence-corrected chi connectivity index (χ0v) is 26.0. The topological polar surface area (TPSA) is 73.0 Å². The maximum atomic E-state index is 13.9. The minimum atomic E-state index is -0.603. The molecule has 3 amide bonds. The first-order valence-corrected chi connectivity index (χ1v) is 15.8. The van der Waals surface area contributed by atoms with Crippen LogP contribution in [-0.4, -0.2) is 82.8 Å². The first-order valence-electron chi connectivity index (χ1n) is 15.8. The van der Waals surface area contributed by atoms with Gasteiger partial charge in [0.2, 0.25) is 17.7 Å². The number of amides is 3. The van der Waals surface area contributed by atoms with Gasteiger partial charge in [-0.1, -0.05) is 53.0 Å². The van der Waals surface area contributed by atoms with Crippen LogP contribution in [0.2, 0.25) is 0 Å². The number of carbonyl (C=O) groups excluding carboxylic acids is 3. The molecule has 2 saturated heterocycles. The van der Waals surface area contributed by atoms with E-state index in [9.17, 15) is 14.4 Å². The van der Waals surface area contributed by atoms with Gasteiger partial charge in [0.05, 0.1) is 12.1 Å². The van der Waals surface area contributed by atoms with Crippen LogP contribution in [0.4, 0.5) is 0 Å². The number of hydrogen-bond acceptors (Lipinski definition) is 4. The predicted molar refractivity (Wildman–Crippen MR) is 158 cm³/mol. The van der Waals surface area contributed by atoms with Crippen LogP contribution in [0.5, 0.6) is 0 Å². The predicted octanol–water partition coefficient (Wildman–Crippen LogP) is 5.00. The second-order valence-electron chi connectivity index (χ2n) is 13.4. The molecule has 1 saturated carbocycles. The molecule has 0 aromatic heterocycles. The third-order valence-electron chi connectivity index (χ3n) is 9.48. The van der Waals surface area contributed by atoms with E-state index in [4.69, 9.17) is 0 Å². The van der Waals surface area contributed by atoms with Crippen LogP contribution >= 0.6 is 0 Å². The zero-order valence-electron chi connectivity index (χ0n) is 26.0. The Bertz CT molecular complexity index is 881. The van der Waals surface area contributed by atoms with Crippen molar-refractivity contribution < 1.29 is 14.4 Å². The van der Waals surface area contributed by atoms with Gasteiger partial charge >= 0.3 is 0 Å². The Labute approximate surface area is 238 Å². The van der Waals surface area contributed by atoms with E-state index < -0.39 is 6.04 Å². The van der Waals surface area contributed by atoms with Crippen molar-refractivity contribution in [1.29, 1.82) is 0 Å². The molecular weight excluding hydrogens is 488 g/mol. The third-order valence-corrected chi connectivity index (χ3v) is 9.48. The second-order valence-corrected chi connectivity index (χ2v) is 13.4. The van der Waals surface area contributed by atoms with Crippen LogP contribution < -0.4 is 5.32 Å². The summed E-state index contributed by atoms with van der Waals surface area (Å²) in [7, 11) is 1.82. The quantitative estimate of drug-likeness (QED) is 0.415. The van der Waals surface area contributed by atoms with E-state index in [1.165, 1.54) is 25.7 Å². The largest absolute Gasteiger partial charge is 0.343 e. The van der Waals surface area contributed by atoms with Gasteiger partial charge in [0, 0.05) is 31.2 Å².